The third-order valence-corrected chi connectivity index (χ3v) is 5.56. The smallest absolute Gasteiger partial charge is 0.225 e. The summed E-state index contributed by atoms with van der Waals surface area (Å²) >= 11 is 5.73. The molecule has 0 aliphatic carbocycles. The molecule has 0 amide bonds. The molecule has 8 nitrogen and oxygen atoms in total. The van der Waals surface area contributed by atoms with Crippen LogP contribution in [0.3, 0.4) is 0 Å². The van der Waals surface area contributed by atoms with E-state index in [4.69, 9.17) is 22.1 Å². The van der Waals surface area contributed by atoms with Crippen LogP contribution in [0.2, 0.25) is 0 Å². The molecule has 3 heterocycles. The second-order valence-electron chi connectivity index (χ2n) is 7.03. The zero-order chi connectivity index (χ0) is 20.9. The molecule has 0 bridgehead atoms. The molecule has 0 saturated carbocycles. The van der Waals surface area contributed by atoms with Gasteiger partial charge in [-0.15, -0.1) is 6.58 Å². The highest BCUT2D eigenvalue weighted by molar-refractivity contribution is 7.71. The zero-order valence-corrected chi connectivity index (χ0v) is 17.8. The second-order valence-corrected chi connectivity index (χ2v) is 7.39. The molecule has 9 heteroatoms. The summed E-state index contributed by atoms with van der Waals surface area (Å²) in [5, 5.41) is 4.83. The Balaban J connectivity index is 1.50. The number of hydrogen-bond acceptors (Lipinski definition) is 7. The van der Waals surface area contributed by atoms with Crippen molar-refractivity contribution >= 4 is 18.2 Å². The molecule has 0 radical (unpaired) electrons. The fourth-order valence-electron chi connectivity index (χ4n) is 3.51. The summed E-state index contributed by atoms with van der Waals surface area (Å²) in [7, 11) is 1.66. The minimum Gasteiger partial charge on any atom is -0.497 e. The standard InChI is InChI=1S/C21H25N7OS/c1-3-11-27-19(17-5-7-18(29-2)8-6-17)24-28(21(27)30)16-25-12-14-26(15-13-25)20-22-9-4-10-23-20/h3-10H,1,11-16H2,2H3. The molecular formula is C21H25N7OS. The van der Waals surface area contributed by atoms with Crippen LogP contribution in [-0.2, 0) is 13.2 Å². The molecular weight excluding hydrogens is 398 g/mol. The van der Waals surface area contributed by atoms with E-state index in [2.05, 4.69) is 26.3 Å². The molecule has 1 aliphatic rings. The Labute approximate surface area is 181 Å². The molecule has 2 aromatic heterocycles. The number of allylic oxidation sites excluding steroid dienone is 1. The fraction of sp³-hybridized carbons (Fsp3) is 0.333. The van der Waals surface area contributed by atoms with Crippen molar-refractivity contribution in [1.29, 1.82) is 0 Å². The SMILES string of the molecule is C=CCn1c(-c2ccc(OC)cc2)nn(CN2CCN(c3ncccn3)CC2)c1=S. The summed E-state index contributed by atoms with van der Waals surface area (Å²) in [4.78, 5) is 13.2. The van der Waals surface area contributed by atoms with Gasteiger partial charge in [0.2, 0.25) is 5.95 Å². The van der Waals surface area contributed by atoms with Gasteiger partial charge in [-0.1, -0.05) is 6.08 Å². The van der Waals surface area contributed by atoms with Crippen molar-refractivity contribution in [3.8, 4) is 17.1 Å². The van der Waals surface area contributed by atoms with Crippen LogP contribution >= 0.6 is 12.2 Å². The average Bonchev–Trinajstić information content (AvgIpc) is 3.10. The molecule has 30 heavy (non-hydrogen) atoms. The molecule has 4 rings (SSSR count). The van der Waals surface area contributed by atoms with Gasteiger partial charge in [0.1, 0.15) is 5.75 Å². The van der Waals surface area contributed by atoms with Crippen molar-refractivity contribution in [2.24, 2.45) is 0 Å². The molecule has 0 spiro atoms. The first-order chi connectivity index (χ1) is 14.7. The number of hydrogen-bond donors (Lipinski definition) is 0. The summed E-state index contributed by atoms with van der Waals surface area (Å²) in [5.74, 6) is 2.43. The number of piperazine rings is 1. The maximum atomic E-state index is 5.73. The van der Waals surface area contributed by atoms with Gasteiger partial charge in [0.05, 0.1) is 13.8 Å². The maximum Gasteiger partial charge on any atom is 0.225 e. The van der Waals surface area contributed by atoms with Gasteiger partial charge in [0, 0.05) is 50.7 Å². The molecule has 1 aromatic carbocycles. The Kier molecular flexibility index (Phi) is 6.20. The lowest BCUT2D eigenvalue weighted by Crippen LogP contribution is -2.47. The van der Waals surface area contributed by atoms with Crippen LogP contribution in [0, 0.1) is 4.77 Å². The molecule has 1 saturated heterocycles. The van der Waals surface area contributed by atoms with E-state index >= 15 is 0 Å². The van der Waals surface area contributed by atoms with Crippen molar-refractivity contribution < 1.29 is 4.74 Å². The van der Waals surface area contributed by atoms with Gasteiger partial charge in [0.15, 0.2) is 10.6 Å². The summed E-state index contributed by atoms with van der Waals surface area (Å²) in [5.41, 5.74) is 0.994. The van der Waals surface area contributed by atoms with Gasteiger partial charge in [-0.25, -0.2) is 14.6 Å². The van der Waals surface area contributed by atoms with Gasteiger partial charge in [-0.3, -0.25) is 9.47 Å². The normalized spacial score (nSPS) is 14.6. The molecule has 0 atom stereocenters. The predicted octanol–water partition coefficient (Wildman–Crippen LogP) is 2.85. The van der Waals surface area contributed by atoms with Crippen molar-refractivity contribution in [2.45, 2.75) is 13.2 Å². The van der Waals surface area contributed by atoms with Gasteiger partial charge < -0.3 is 9.64 Å². The third-order valence-electron chi connectivity index (χ3n) is 5.12. The van der Waals surface area contributed by atoms with E-state index < -0.39 is 0 Å². The van der Waals surface area contributed by atoms with Gasteiger partial charge in [0.25, 0.3) is 0 Å². The molecule has 156 valence electrons. The molecule has 1 fully saturated rings. The molecule has 0 N–H and O–H groups in total. The fourth-order valence-corrected chi connectivity index (χ4v) is 3.77. The van der Waals surface area contributed by atoms with Gasteiger partial charge in [-0.2, -0.15) is 5.10 Å². The van der Waals surface area contributed by atoms with Crippen molar-refractivity contribution in [3.63, 3.8) is 0 Å². The van der Waals surface area contributed by atoms with Crippen molar-refractivity contribution in [2.75, 3.05) is 38.2 Å². The largest absolute Gasteiger partial charge is 0.497 e. The van der Waals surface area contributed by atoms with E-state index in [1.165, 1.54) is 0 Å². The Bertz CT molecular complexity index is 1040. The highest BCUT2D eigenvalue weighted by atomic mass is 32.1. The Morgan fingerprint density at radius 1 is 1.10 bits per heavy atom. The highest BCUT2D eigenvalue weighted by Gasteiger charge is 2.20. The van der Waals surface area contributed by atoms with Crippen LogP contribution in [-0.4, -0.2) is 62.5 Å². The number of aromatic nitrogens is 5. The summed E-state index contributed by atoms with van der Waals surface area (Å²) in [6.07, 6.45) is 5.40. The van der Waals surface area contributed by atoms with E-state index in [0.29, 0.717) is 18.0 Å². The Morgan fingerprint density at radius 3 is 2.43 bits per heavy atom. The first-order valence-corrected chi connectivity index (χ1v) is 10.3. The first-order valence-electron chi connectivity index (χ1n) is 9.87. The lowest BCUT2D eigenvalue weighted by atomic mass is 10.2. The van der Waals surface area contributed by atoms with E-state index in [1.807, 2.05) is 45.7 Å². The lowest BCUT2D eigenvalue weighted by molar-refractivity contribution is 0.193. The van der Waals surface area contributed by atoms with Crippen LogP contribution in [0.5, 0.6) is 5.75 Å². The minimum absolute atomic E-state index is 0.610. The van der Waals surface area contributed by atoms with Crippen molar-refractivity contribution in [1.82, 2.24) is 29.2 Å². The summed E-state index contributed by atoms with van der Waals surface area (Å²) in [6.45, 7) is 8.66. The number of benzene rings is 1. The van der Waals surface area contributed by atoms with Crippen molar-refractivity contribution in [3.05, 3.63) is 60.2 Å². The maximum absolute atomic E-state index is 5.73. The van der Waals surface area contributed by atoms with E-state index in [-0.39, 0.29) is 0 Å². The first kappa shape index (κ1) is 20.2. The Hall–Kier alpha value is -3.04. The number of ether oxygens (including phenoxy) is 1. The number of rotatable bonds is 7. The van der Waals surface area contributed by atoms with Crippen LogP contribution in [0.4, 0.5) is 5.95 Å². The van der Waals surface area contributed by atoms with Crippen LogP contribution < -0.4 is 9.64 Å². The Morgan fingerprint density at radius 2 is 1.80 bits per heavy atom. The zero-order valence-electron chi connectivity index (χ0n) is 17.0. The summed E-state index contributed by atoms with van der Waals surface area (Å²) < 4.78 is 9.86. The predicted molar refractivity (Wildman–Crippen MR) is 119 cm³/mol. The number of methoxy groups -OCH3 is 1. The average molecular weight is 424 g/mol. The van der Waals surface area contributed by atoms with Crippen LogP contribution in [0.1, 0.15) is 0 Å². The molecule has 0 unspecified atom stereocenters. The number of nitrogens with zero attached hydrogens (tertiary/aromatic N) is 7. The minimum atomic E-state index is 0.610. The van der Waals surface area contributed by atoms with Crippen LogP contribution in [0.25, 0.3) is 11.4 Å². The lowest BCUT2D eigenvalue weighted by Gasteiger charge is -2.34. The van der Waals surface area contributed by atoms with E-state index in [1.54, 1.807) is 19.5 Å². The highest BCUT2D eigenvalue weighted by Crippen LogP contribution is 2.22. The summed E-state index contributed by atoms with van der Waals surface area (Å²) in [6, 6.07) is 9.69. The number of anilines is 1. The van der Waals surface area contributed by atoms with E-state index in [9.17, 15) is 0 Å². The molecule has 3 aromatic rings. The van der Waals surface area contributed by atoms with Gasteiger partial charge >= 0.3 is 0 Å². The molecule has 1 aliphatic heterocycles. The second kappa shape index (κ2) is 9.19. The van der Waals surface area contributed by atoms with Gasteiger partial charge in [-0.05, 0) is 42.5 Å². The third kappa shape index (κ3) is 4.27. The van der Waals surface area contributed by atoms with Crippen LogP contribution in [0.15, 0.2) is 55.4 Å². The monoisotopic (exact) mass is 423 g/mol. The quantitative estimate of drug-likeness (QED) is 0.428. The topological polar surface area (TPSA) is 64.2 Å². The van der Waals surface area contributed by atoms with E-state index in [0.717, 1.165) is 49.3 Å².